The van der Waals surface area contributed by atoms with Gasteiger partial charge in [0.25, 0.3) is 5.70 Å². The van der Waals surface area contributed by atoms with Gasteiger partial charge in [-0.3, -0.25) is 0 Å². The van der Waals surface area contributed by atoms with Crippen molar-refractivity contribution >= 4 is 25.0 Å². The summed E-state index contributed by atoms with van der Waals surface area (Å²) in [5, 5.41) is 11.1. The number of rotatable bonds is 4. The van der Waals surface area contributed by atoms with Crippen LogP contribution in [0.15, 0.2) is 77.4 Å². The molecular formula is C38H45N3OSi. The minimum absolute atomic E-state index is 0.0698. The second kappa shape index (κ2) is 10.7. The van der Waals surface area contributed by atoms with E-state index in [0.29, 0.717) is 11.3 Å². The Morgan fingerprint density at radius 3 is 2.26 bits per heavy atom. The molecule has 1 unspecified atom stereocenters. The number of anilines is 1. The Bertz CT molecular complexity index is 1640. The molecule has 0 radical (unpaired) electrons. The van der Waals surface area contributed by atoms with Gasteiger partial charge >= 0.3 is 0 Å². The highest BCUT2D eigenvalue weighted by Gasteiger charge is 2.42. The Kier molecular flexibility index (Phi) is 7.64. The van der Waals surface area contributed by atoms with Crippen molar-refractivity contribution in [2.24, 2.45) is 5.41 Å². The average Bonchev–Trinajstić information content (AvgIpc) is 2.95. The molecule has 3 aliphatic heterocycles. The SMILES string of the molecule is [C-]#[N+]/C(C#N)=C1C=C(/C=C/c2cc3c4c(c2)C(C)(c2ccc([Si](C)(C)C)cc2)CCN4CCC3(C)C)OC(C(C)(C)C)=C\1. The maximum atomic E-state index is 9.56. The first kappa shape index (κ1) is 30.6. The van der Waals surface area contributed by atoms with Gasteiger partial charge in [0.15, 0.2) is 0 Å². The number of hydrogen-bond donors (Lipinski definition) is 0. The number of hydrogen-bond acceptors (Lipinski definition) is 3. The summed E-state index contributed by atoms with van der Waals surface area (Å²) in [4.78, 5) is 6.07. The molecule has 1 atom stereocenters. The molecule has 0 saturated carbocycles. The molecule has 0 amide bonds. The summed E-state index contributed by atoms with van der Waals surface area (Å²) in [6.07, 6.45) is 9.96. The van der Waals surface area contributed by atoms with Crippen molar-refractivity contribution in [3.05, 3.63) is 111 Å². The monoisotopic (exact) mass is 587 g/mol. The molecule has 2 aromatic carbocycles. The molecule has 0 saturated heterocycles. The van der Waals surface area contributed by atoms with Crippen molar-refractivity contribution in [3.8, 4) is 6.07 Å². The van der Waals surface area contributed by atoms with Gasteiger partial charge in [0.05, 0.1) is 20.7 Å². The topological polar surface area (TPSA) is 40.6 Å². The molecule has 3 heterocycles. The zero-order valence-corrected chi connectivity index (χ0v) is 28.4. The lowest BCUT2D eigenvalue weighted by atomic mass is 9.66. The van der Waals surface area contributed by atoms with E-state index in [1.807, 2.05) is 18.2 Å². The predicted octanol–water partition coefficient (Wildman–Crippen LogP) is 8.98. The Morgan fingerprint density at radius 1 is 1.00 bits per heavy atom. The van der Waals surface area contributed by atoms with Gasteiger partial charge in [-0.1, -0.05) is 96.7 Å². The Balaban J connectivity index is 1.62. The molecule has 3 aliphatic rings. The number of allylic oxidation sites excluding steroid dienone is 6. The molecule has 0 spiro atoms. The maximum Gasteiger partial charge on any atom is 0.269 e. The molecule has 0 bridgehead atoms. The highest BCUT2D eigenvalue weighted by atomic mass is 28.3. The number of benzene rings is 2. The van der Waals surface area contributed by atoms with E-state index in [2.05, 4.69) is 113 Å². The Labute approximate surface area is 259 Å². The van der Waals surface area contributed by atoms with Crippen molar-refractivity contribution in [1.29, 1.82) is 5.26 Å². The fraction of sp³-hybridized carbons (Fsp3) is 0.421. The third-order valence-corrected chi connectivity index (χ3v) is 11.6. The van der Waals surface area contributed by atoms with Crippen LogP contribution in [0.4, 0.5) is 5.69 Å². The van der Waals surface area contributed by atoms with Crippen molar-refractivity contribution in [2.75, 3.05) is 18.0 Å². The van der Waals surface area contributed by atoms with Gasteiger partial charge in [-0.05, 0) is 76.4 Å². The summed E-state index contributed by atoms with van der Waals surface area (Å²) in [5.41, 5.74) is 7.15. The van der Waals surface area contributed by atoms with Gasteiger partial charge in [0.1, 0.15) is 11.5 Å². The van der Waals surface area contributed by atoms with Crippen LogP contribution >= 0.6 is 0 Å². The zero-order chi connectivity index (χ0) is 31.4. The molecule has 5 heteroatoms. The Morgan fingerprint density at radius 2 is 1.65 bits per heavy atom. The van der Waals surface area contributed by atoms with E-state index < -0.39 is 8.07 Å². The highest BCUT2D eigenvalue weighted by Crippen LogP contribution is 2.51. The van der Waals surface area contributed by atoms with E-state index in [-0.39, 0.29) is 21.9 Å². The molecule has 0 fully saturated rings. The van der Waals surface area contributed by atoms with Crippen LogP contribution in [0.1, 0.15) is 76.6 Å². The first-order valence-electron chi connectivity index (χ1n) is 15.4. The van der Waals surface area contributed by atoms with E-state index in [9.17, 15) is 5.26 Å². The normalized spacial score (nSPS) is 22.5. The quantitative estimate of drug-likeness (QED) is 0.204. The lowest BCUT2D eigenvalue weighted by Gasteiger charge is -2.49. The van der Waals surface area contributed by atoms with E-state index >= 15 is 0 Å². The molecule has 0 N–H and O–H groups in total. The summed E-state index contributed by atoms with van der Waals surface area (Å²) in [5.74, 6) is 1.38. The summed E-state index contributed by atoms with van der Waals surface area (Å²) in [7, 11) is -1.38. The van der Waals surface area contributed by atoms with Crippen molar-refractivity contribution in [3.63, 3.8) is 0 Å². The third-order valence-electron chi connectivity index (χ3n) is 9.53. The van der Waals surface area contributed by atoms with Gasteiger partial charge < -0.3 is 9.64 Å². The number of nitriles is 1. The van der Waals surface area contributed by atoms with Crippen LogP contribution in [0.25, 0.3) is 10.9 Å². The summed E-state index contributed by atoms with van der Waals surface area (Å²) in [6, 6.07) is 16.3. The predicted molar refractivity (Wildman–Crippen MR) is 182 cm³/mol. The van der Waals surface area contributed by atoms with Gasteiger partial charge in [-0.15, -0.1) is 0 Å². The molecule has 4 nitrogen and oxygen atoms in total. The van der Waals surface area contributed by atoms with E-state index in [0.717, 1.165) is 37.3 Å². The Hall–Kier alpha value is -3.80. The standard InChI is InChI=1S/C38H45N3OSi/c1-36(2,3)34-24-27(33(25-39)40-7)23-29(42-34)14-11-26-21-31-35-32(22-26)38(6,18-20-41(35)19-17-37(31,4)5)28-12-15-30(16-13-28)43(8,9)10/h11-16,21-24H,17-20H2,1-6,8-10H3/b14-11+,33-27+. The van der Waals surface area contributed by atoms with Gasteiger partial charge in [0.2, 0.25) is 0 Å². The van der Waals surface area contributed by atoms with Crippen molar-refractivity contribution < 1.29 is 4.74 Å². The highest BCUT2D eigenvalue weighted by molar-refractivity contribution is 6.88. The summed E-state index contributed by atoms with van der Waals surface area (Å²) in [6.45, 7) is 30.3. The lowest BCUT2D eigenvalue weighted by molar-refractivity contribution is 0.223. The molecule has 2 aromatic rings. The van der Waals surface area contributed by atoms with Gasteiger partial charge in [0, 0.05) is 29.6 Å². The fourth-order valence-corrected chi connectivity index (χ4v) is 7.66. The van der Waals surface area contributed by atoms with Gasteiger partial charge in [-0.25, -0.2) is 10.1 Å². The second-order valence-electron chi connectivity index (χ2n) is 15.3. The molecule has 43 heavy (non-hydrogen) atoms. The van der Waals surface area contributed by atoms with Crippen molar-refractivity contribution in [1.82, 2.24) is 0 Å². The second-order valence-corrected chi connectivity index (χ2v) is 20.3. The number of ether oxygens (including phenoxy) is 1. The third kappa shape index (κ3) is 5.76. The fourth-order valence-electron chi connectivity index (χ4n) is 6.49. The first-order chi connectivity index (χ1) is 20.1. The maximum absolute atomic E-state index is 9.56. The smallest absolute Gasteiger partial charge is 0.269 e. The van der Waals surface area contributed by atoms with Crippen LogP contribution in [-0.2, 0) is 15.6 Å². The zero-order valence-electron chi connectivity index (χ0n) is 27.4. The molecular weight excluding hydrogens is 543 g/mol. The lowest BCUT2D eigenvalue weighted by Crippen LogP contribution is -2.46. The molecule has 222 valence electrons. The first-order valence-corrected chi connectivity index (χ1v) is 18.9. The average molecular weight is 588 g/mol. The minimum Gasteiger partial charge on any atom is -0.461 e. The summed E-state index contributed by atoms with van der Waals surface area (Å²) < 4.78 is 6.31. The largest absolute Gasteiger partial charge is 0.461 e. The van der Waals surface area contributed by atoms with E-state index in [1.165, 1.54) is 27.6 Å². The van der Waals surface area contributed by atoms with Gasteiger partial charge in [-0.2, -0.15) is 0 Å². The van der Waals surface area contributed by atoms with Crippen LogP contribution in [0.2, 0.25) is 19.6 Å². The summed E-state index contributed by atoms with van der Waals surface area (Å²) >= 11 is 0. The van der Waals surface area contributed by atoms with Crippen LogP contribution in [0.5, 0.6) is 0 Å². The van der Waals surface area contributed by atoms with E-state index in [4.69, 9.17) is 11.3 Å². The van der Waals surface area contributed by atoms with E-state index in [1.54, 1.807) is 6.08 Å². The van der Waals surface area contributed by atoms with Crippen molar-refractivity contribution in [2.45, 2.75) is 84.9 Å². The molecule has 0 aliphatic carbocycles. The van der Waals surface area contributed by atoms with Crippen LogP contribution < -0.4 is 10.1 Å². The molecule has 0 aromatic heterocycles. The van der Waals surface area contributed by atoms with Crippen LogP contribution in [0.3, 0.4) is 0 Å². The van der Waals surface area contributed by atoms with Crippen LogP contribution in [-0.4, -0.2) is 21.2 Å². The number of nitrogens with zero attached hydrogens (tertiary/aromatic N) is 3. The minimum atomic E-state index is -1.38. The van der Waals surface area contributed by atoms with Crippen LogP contribution in [0, 0.1) is 23.3 Å². The molecule has 5 rings (SSSR count).